The highest BCUT2D eigenvalue weighted by atomic mass is 79.9. The summed E-state index contributed by atoms with van der Waals surface area (Å²) in [6.45, 7) is 1.20. The average molecular weight is 318 g/mol. The van der Waals surface area contributed by atoms with E-state index in [4.69, 9.17) is 0 Å². The van der Waals surface area contributed by atoms with Gasteiger partial charge in [0.05, 0.1) is 11.2 Å². The summed E-state index contributed by atoms with van der Waals surface area (Å²) >= 11 is 3.47. The molecule has 0 aliphatic heterocycles. The van der Waals surface area contributed by atoms with Crippen LogP contribution in [0, 0.1) is 5.92 Å². The first-order chi connectivity index (χ1) is 9.31. The minimum Gasteiger partial charge on any atom is -0.366 e. The molecule has 2 fully saturated rings. The van der Waals surface area contributed by atoms with Crippen molar-refractivity contribution in [3.05, 3.63) is 29.0 Å². The maximum atomic E-state index is 4.59. The fourth-order valence-corrected chi connectivity index (χ4v) is 2.95. The van der Waals surface area contributed by atoms with Crippen LogP contribution in [0.2, 0.25) is 0 Å². The molecule has 0 aromatic carbocycles. The van der Waals surface area contributed by atoms with E-state index >= 15 is 0 Å². The molecule has 2 aromatic heterocycles. The molecule has 0 saturated heterocycles. The van der Waals surface area contributed by atoms with Crippen molar-refractivity contribution in [2.45, 2.75) is 31.7 Å². The van der Waals surface area contributed by atoms with Gasteiger partial charge >= 0.3 is 0 Å². The van der Waals surface area contributed by atoms with Crippen molar-refractivity contribution >= 4 is 32.7 Å². The number of hydrogen-bond acceptors (Lipinski definition) is 3. The molecule has 3 nitrogen and oxygen atoms in total. The van der Waals surface area contributed by atoms with E-state index in [2.05, 4.69) is 36.9 Å². The van der Waals surface area contributed by atoms with E-state index in [1.165, 1.54) is 37.9 Å². The molecule has 0 N–H and O–H groups in total. The lowest BCUT2D eigenvalue weighted by molar-refractivity contribution is 0.720. The standard InChI is InChI=1S/C15H16BrN3/c16-11-7-13-15(18-8-11)14(5-6-17-13)19(12-3-4-12)9-10-1-2-10/h5-8,10,12H,1-4,9H2. The van der Waals surface area contributed by atoms with Gasteiger partial charge < -0.3 is 4.90 Å². The third kappa shape index (κ3) is 2.34. The lowest BCUT2D eigenvalue weighted by Gasteiger charge is -2.25. The number of fused-ring (bicyclic) bond motifs is 1. The van der Waals surface area contributed by atoms with E-state index in [-0.39, 0.29) is 0 Å². The second-order valence-electron chi connectivity index (χ2n) is 5.68. The van der Waals surface area contributed by atoms with Gasteiger partial charge in [-0.05, 0) is 59.7 Å². The van der Waals surface area contributed by atoms with Gasteiger partial charge in [-0.15, -0.1) is 0 Å². The molecule has 0 radical (unpaired) electrons. The molecule has 2 aliphatic rings. The van der Waals surface area contributed by atoms with Crippen LogP contribution in [-0.4, -0.2) is 22.6 Å². The van der Waals surface area contributed by atoms with Crippen LogP contribution in [0.25, 0.3) is 11.0 Å². The number of aromatic nitrogens is 2. The minimum absolute atomic E-state index is 0.733. The molecule has 0 bridgehead atoms. The second kappa shape index (κ2) is 4.44. The number of nitrogens with zero attached hydrogens (tertiary/aromatic N) is 3. The summed E-state index contributed by atoms with van der Waals surface area (Å²) in [7, 11) is 0. The fraction of sp³-hybridized carbons (Fsp3) is 0.467. The minimum atomic E-state index is 0.733. The van der Waals surface area contributed by atoms with Crippen LogP contribution in [-0.2, 0) is 0 Å². The molecule has 4 heteroatoms. The van der Waals surface area contributed by atoms with E-state index in [1.54, 1.807) is 0 Å². The van der Waals surface area contributed by atoms with Gasteiger partial charge in [0.25, 0.3) is 0 Å². The van der Waals surface area contributed by atoms with Gasteiger partial charge in [0, 0.05) is 29.5 Å². The molecule has 0 spiro atoms. The van der Waals surface area contributed by atoms with E-state index in [1.807, 2.05) is 18.5 Å². The van der Waals surface area contributed by atoms with Crippen molar-refractivity contribution in [2.24, 2.45) is 5.92 Å². The first kappa shape index (κ1) is 11.6. The Kier molecular flexibility index (Phi) is 2.72. The van der Waals surface area contributed by atoms with Crippen LogP contribution in [0.5, 0.6) is 0 Å². The molecule has 98 valence electrons. The quantitative estimate of drug-likeness (QED) is 0.859. The van der Waals surface area contributed by atoms with Crippen molar-refractivity contribution in [1.82, 2.24) is 9.97 Å². The largest absolute Gasteiger partial charge is 0.366 e. The summed E-state index contributed by atoms with van der Waals surface area (Å²) in [5, 5.41) is 0. The molecular formula is C15H16BrN3. The third-order valence-electron chi connectivity index (χ3n) is 3.97. The van der Waals surface area contributed by atoms with E-state index in [0.717, 1.165) is 27.5 Å². The van der Waals surface area contributed by atoms with Gasteiger partial charge in [-0.1, -0.05) is 0 Å². The highest BCUT2D eigenvalue weighted by molar-refractivity contribution is 9.10. The summed E-state index contributed by atoms with van der Waals surface area (Å²) in [5.74, 6) is 0.902. The van der Waals surface area contributed by atoms with Crippen LogP contribution in [0.3, 0.4) is 0 Å². The van der Waals surface area contributed by atoms with Crippen molar-refractivity contribution in [2.75, 3.05) is 11.4 Å². The molecular weight excluding hydrogens is 302 g/mol. The molecule has 0 unspecified atom stereocenters. The van der Waals surface area contributed by atoms with Crippen molar-refractivity contribution in [3.8, 4) is 0 Å². The maximum Gasteiger partial charge on any atom is 0.112 e. The third-order valence-corrected chi connectivity index (χ3v) is 4.41. The zero-order valence-corrected chi connectivity index (χ0v) is 12.3. The molecule has 0 amide bonds. The zero-order chi connectivity index (χ0) is 12.8. The number of anilines is 1. The Labute approximate surface area is 121 Å². The summed E-state index contributed by atoms with van der Waals surface area (Å²) in [6, 6.07) is 4.91. The zero-order valence-electron chi connectivity index (χ0n) is 10.7. The normalized spacial score (nSPS) is 18.8. The Balaban J connectivity index is 1.78. The number of pyridine rings is 2. The summed E-state index contributed by atoms with van der Waals surface area (Å²) in [6.07, 6.45) is 9.22. The Bertz CT molecular complexity index is 620. The lowest BCUT2D eigenvalue weighted by Crippen LogP contribution is -2.28. The maximum absolute atomic E-state index is 4.59. The first-order valence-electron chi connectivity index (χ1n) is 6.98. The predicted molar refractivity (Wildman–Crippen MR) is 80.3 cm³/mol. The average Bonchev–Trinajstić information content (AvgIpc) is 3.26. The van der Waals surface area contributed by atoms with E-state index in [0.29, 0.717) is 0 Å². The van der Waals surface area contributed by atoms with Gasteiger partial charge in [-0.3, -0.25) is 9.97 Å². The SMILES string of the molecule is Brc1cnc2c(N(CC3CC3)C3CC3)ccnc2c1. The van der Waals surface area contributed by atoms with Crippen LogP contribution in [0.4, 0.5) is 5.69 Å². The van der Waals surface area contributed by atoms with Gasteiger partial charge in [0.1, 0.15) is 5.52 Å². The van der Waals surface area contributed by atoms with E-state index in [9.17, 15) is 0 Å². The van der Waals surface area contributed by atoms with Crippen molar-refractivity contribution < 1.29 is 0 Å². The van der Waals surface area contributed by atoms with Crippen LogP contribution in [0.15, 0.2) is 29.0 Å². The monoisotopic (exact) mass is 317 g/mol. The van der Waals surface area contributed by atoms with Crippen LogP contribution < -0.4 is 4.90 Å². The number of rotatable bonds is 4. The van der Waals surface area contributed by atoms with Gasteiger partial charge in [0.2, 0.25) is 0 Å². The Morgan fingerprint density at radius 3 is 2.79 bits per heavy atom. The fourth-order valence-electron chi connectivity index (χ4n) is 2.63. The number of hydrogen-bond donors (Lipinski definition) is 0. The molecule has 19 heavy (non-hydrogen) atoms. The Hall–Kier alpha value is -1.16. The lowest BCUT2D eigenvalue weighted by atomic mass is 10.2. The highest BCUT2D eigenvalue weighted by Crippen LogP contribution is 2.39. The predicted octanol–water partition coefficient (Wildman–Crippen LogP) is 3.77. The van der Waals surface area contributed by atoms with Gasteiger partial charge in [-0.25, -0.2) is 0 Å². The summed E-state index contributed by atoms with van der Waals surface area (Å²) in [5.41, 5.74) is 3.29. The summed E-state index contributed by atoms with van der Waals surface area (Å²) < 4.78 is 0.991. The highest BCUT2D eigenvalue weighted by Gasteiger charge is 2.34. The van der Waals surface area contributed by atoms with Crippen LogP contribution in [0.1, 0.15) is 25.7 Å². The Morgan fingerprint density at radius 1 is 1.21 bits per heavy atom. The van der Waals surface area contributed by atoms with E-state index < -0.39 is 0 Å². The molecule has 0 atom stereocenters. The number of halogens is 1. The van der Waals surface area contributed by atoms with Crippen LogP contribution >= 0.6 is 15.9 Å². The Morgan fingerprint density at radius 2 is 2.05 bits per heavy atom. The molecule has 2 heterocycles. The topological polar surface area (TPSA) is 29.0 Å². The molecule has 2 saturated carbocycles. The molecule has 2 aliphatic carbocycles. The molecule has 2 aromatic rings. The molecule has 4 rings (SSSR count). The smallest absolute Gasteiger partial charge is 0.112 e. The van der Waals surface area contributed by atoms with Gasteiger partial charge in [0.15, 0.2) is 0 Å². The first-order valence-corrected chi connectivity index (χ1v) is 7.77. The van der Waals surface area contributed by atoms with Gasteiger partial charge in [-0.2, -0.15) is 0 Å². The second-order valence-corrected chi connectivity index (χ2v) is 6.59. The van der Waals surface area contributed by atoms with Crippen molar-refractivity contribution in [3.63, 3.8) is 0 Å². The van der Waals surface area contributed by atoms with Crippen molar-refractivity contribution in [1.29, 1.82) is 0 Å². The summed E-state index contributed by atoms with van der Waals surface area (Å²) in [4.78, 5) is 11.6.